The van der Waals surface area contributed by atoms with Crippen LogP contribution in [-0.2, 0) is 31.0 Å². The summed E-state index contributed by atoms with van der Waals surface area (Å²) < 4.78 is 22.5. The van der Waals surface area contributed by atoms with Gasteiger partial charge in [-0.2, -0.15) is 0 Å². The molecule has 0 unspecified atom stereocenters. The van der Waals surface area contributed by atoms with Gasteiger partial charge in [0.15, 0.2) is 0 Å². The number of hydrogen-bond acceptors (Lipinski definition) is 1. The third-order valence-corrected chi connectivity index (χ3v) is 5.90. The summed E-state index contributed by atoms with van der Waals surface area (Å²) in [5.41, 5.74) is 3.43. The van der Waals surface area contributed by atoms with Crippen molar-refractivity contribution in [3.8, 4) is 0 Å². The van der Waals surface area contributed by atoms with Crippen molar-refractivity contribution < 1.29 is 31.0 Å². The van der Waals surface area contributed by atoms with Crippen molar-refractivity contribution in [2.75, 3.05) is 0 Å². The van der Waals surface area contributed by atoms with E-state index in [9.17, 15) is 0 Å². The Morgan fingerprint density at radius 1 is 1.03 bits per heavy atom. The molecule has 0 heterocycles. The number of benzene rings is 1. The monoisotopic (exact) mass is 435 g/mol. The van der Waals surface area contributed by atoms with Crippen LogP contribution in [0.4, 0.5) is 0 Å². The molecule has 0 spiro atoms. The van der Waals surface area contributed by atoms with Gasteiger partial charge in [-0.3, -0.25) is 0 Å². The number of allylic oxidation sites excluding steroid dienone is 3. The van der Waals surface area contributed by atoms with E-state index in [1.807, 2.05) is 0 Å². The minimum absolute atomic E-state index is 0. The van der Waals surface area contributed by atoms with Gasteiger partial charge in [0.25, 0.3) is 0 Å². The Labute approximate surface area is 185 Å². The van der Waals surface area contributed by atoms with Gasteiger partial charge in [0.1, 0.15) is 0 Å². The van der Waals surface area contributed by atoms with Crippen LogP contribution in [0.25, 0.3) is 0 Å². The van der Waals surface area contributed by atoms with Crippen LogP contribution in [-0.4, -0.2) is 6.04 Å². The Morgan fingerprint density at radius 2 is 1.59 bits per heavy atom. The van der Waals surface area contributed by atoms with E-state index >= 15 is 0 Å². The zero-order valence-corrected chi connectivity index (χ0v) is 18.5. The summed E-state index contributed by atoms with van der Waals surface area (Å²) in [6, 6.07) is 11.4. The van der Waals surface area contributed by atoms with Crippen molar-refractivity contribution in [3.63, 3.8) is 0 Å². The molecule has 156 valence electrons. The summed E-state index contributed by atoms with van der Waals surface area (Å²) in [4.78, 5) is 0. The number of nitrogens with one attached hydrogen (secondary N) is 1. The zero-order valence-electron chi connectivity index (χ0n) is 17.4. The molecule has 3 aliphatic carbocycles. The second-order valence-corrected chi connectivity index (χ2v) is 7.69. The van der Waals surface area contributed by atoms with E-state index in [1.165, 1.54) is 18.4 Å². The summed E-state index contributed by atoms with van der Waals surface area (Å²) in [5.74, 6) is 1.70. The molecule has 3 aliphatic rings. The molecule has 0 amide bonds. The SMILES string of the molecule is C[C@@H](/C=C\C1=CC[C@H]2C[C@@H]1C2(C)C)N[C@H](C)c1ccccc1.[C-]#[O+].[C-]#[O+].[C-]#[O+].[Fe]. The molecule has 0 aliphatic heterocycles. The number of rotatable bonds is 5. The summed E-state index contributed by atoms with van der Waals surface area (Å²) in [6.45, 7) is 22.9. The third-order valence-electron chi connectivity index (χ3n) is 5.90. The molecule has 0 radical (unpaired) electrons. The van der Waals surface area contributed by atoms with Crippen LogP contribution in [0.5, 0.6) is 0 Å². The predicted octanol–water partition coefficient (Wildman–Crippen LogP) is 5.16. The van der Waals surface area contributed by atoms with E-state index in [2.05, 4.69) is 102 Å². The molecule has 5 heteroatoms. The van der Waals surface area contributed by atoms with Crippen LogP contribution in [0.15, 0.2) is 54.1 Å². The molecular formula is C24H29FeNO3. The molecule has 2 bridgehead atoms. The molecule has 1 fully saturated rings. The minimum Gasteiger partial charge on any atom is 0 e. The topological polar surface area (TPSA) is 71.7 Å². The second-order valence-electron chi connectivity index (χ2n) is 7.69. The van der Waals surface area contributed by atoms with Crippen LogP contribution < -0.4 is 5.32 Å². The zero-order chi connectivity index (χ0) is 21.7. The Bertz CT molecular complexity index is 690. The summed E-state index contributed by atoms with van der Waals surface area (Å²) >= 11 is 0. The summed E-state index contributed by atoms with van der Waals surface area (Å²) in [7, 11) is 0. The Hall–Kier alpha value is -1.60. The molecule has 0 saturated heterocycles. The molecule has 4 atom stereocenters. The van der Waals surface area contributed by atoms with Crippen molar-refractivity contribution in [2.24, 2.45) is 17.3 Å². The van der Waals surface area contributed by atoms with E-state index in [0.717, 1.165) is 11.8 Å². The molecule has 29 heavy (non-hydrogen) atoms. The first-order valence-corrected chi connectivity index (χ1v) is 9.29. The van der Waals surface area contributed by atoms with E-state index in [1.54, 1.807) is 5.57 Å². The molecule has 4 nitrogen and oxygen atoms in total. The molecule has 1 aromatic carbocycles. The first-order valence-electron chi connectivity index (χ1n) is 9.29. The van der Waals surface area contributed by atoms with Crippen LogP contribution in [0.2, 0.25) is 0 Å². The fourth-order valence-corrected chi connectivity index (χ4v) is 4.13. The van der Waals surface area contributed by atoms with Crippen LogP contribution >= 0.6 is 0 Å². The third kappa shape index (κ3) is 7.97. The average molecular weight is 435 g/mol. The minimum atomic E-state index is 0. The van der Waals surface area contributed by atoms with Gasteiger partial charge in [0.2, 0.25) is 0 Å². The quantitative estimate of drug-likeness (QED) is 0.387. The van der Waals surface area contributed by atoms with Crippen molar-refractivity contribution in [1.29, 1.82) is 0 Å². The summed E-state index contributed by atoms with van der Waals surface area (Å²) in [5, 5.41) is 3.67. The molecule has 0 aromatic heterocycles. The maximum Gasteiger partial charge on any atom is 0 e. The smallest absolute Gasteiger partial charge is 0 e. The molecule has 1 N–H and O–H groups in total. The van der Waals surface area contributed by atoms with Gasteiger partial charge in [-0.1, -0.05) is 62.4 Å². The number of hydrogen-bond donors (Lipinski definition) is 1. The maximum absolute atomic E-state index is 7.50. The molecular weight excluding hydrogens is 406 g/mol. The van der Waals surface area contributed by atoms with Crippen LogP contribution in [0, 0.1) is 37.2 Å². The van der Waals surface area contributed by atoms with Crippen LogP contribution in [0.1, 0.15) is 52.1 Å². The van der Waals surface area contributed by atoms with Gasteiger partial charge in [0, 0.05) is 29.2 Å². The van der Waals surface area contributed by atoms with E-state index in [-0.39, 0.29) is 17.1 Å². The average Bonchev–Trinajstić information content (AvgIpc) is 2.77. The Morgan fingerprint density at radius 3 is 2.07 bits per heavy atom. The van der Waals surface area contributed by atoms with Gasteiger partial charge >= 0.3 is 33.9 Å². The van der Waals surface area contributed by atoms with E-state index in [0.29, 0.717) is 17.5 Å². The van der Waals surface area contributed by atoms with Crippen molar-refractivity contribution in [3.05, 3.63) is 79.6 Å². The Kier molecular flexibility index (Phi) is 15.6. The van der Waals surface area contributed by atoms with Gasteiger partial charge < -0.3 is 5.32 Å². The van der Waals surface area contributed by atoms with Crippen molar-refractivity contribution in [1.82, 2.24) is 5.32 Å². The first-order chi connectivity index (χ1) is 13.5. The molecule has 1 saturated carbocycles. The largest absolute Gasteiger partial charge is 0 e. The van der Waals surface area contributed by atoms with E-state index in [4.69, 9.17) is 14.0 Å². The summed E-state index contributed by atoms with van der Waals surface area (Å²) in [6.07, 6.45) is 9.84. The van der Waals surface area contributed by atoms with Gasteiger partial charge in [-0.15, -0.1) is 0 Å². The van der Waals surface area contributed by atoms with Gasteiger partial charge in [-0.25, -0.2) is 0 Å². The van der Waals surface area contributed by atoms with Gasteiger partial charge in [-0.05, 0) is 55.1 Å². The molecule has 4 rings (SSSR count). The fraction of sp³-hybridized carbons (Fsp3) is 0.458. The van der Waals surface area contributed by atoms with Gasteiger partial charge in [0.05, 0.1) is 0 Å². The first kappa shape index (κ1) is 29.6. The normalized spacial score (nSPS) is 22.1. The second kappa shape index (κ2) is 15.3. The Balaban J connectivity index is 0. The van der Waals surface area contributed by atoms with E-state index < -0.39 is 0 Å². The van der Waals surface area contributed by atoms with Crippen molar-refractivity contribution in [2.45, 2.75) is 52.6 Å². The maximum atomic E-state index is 7.50. The fourth-order valence-electron chi connectivity index (χ4n) is 4.13. The predicted molar refractivity (Wildman–Crippen MR) is 106 cm³/mol. The number of fused-ring (bicyclic) bond motifs is 1. The van der Waals surface area contributed by atoms with Crippen LogP contribution in [0.3, 0.4) is 0 Å². The van der Waals surface area contributed by atoms with Crippen molar-refractivity contribution >= 4 is 0 Å². The molecule has 1 aromatic rings. The standard InChI is InChI=1S/C21H29N.3CO.Fe/c1-15(22-16(2)17-8-6-5-7-9-17)10-11-18-12-13-19-14-20(18)21(19,3)4;3*1-2;/h5-12,15-16,19-20,22H,13-14H2,1-4H3;;;;/b11-10-;;;;/t15-,16+,19-,20-;;;;/m0..../s1.